The van der Waals surface area contributed by atoms with Crippen molar-refractivity contribution in [3.05, 3.63) is 46.3 Å². The molecule has 2 aliphatic rings. The van der Waals surface area contributed by atoms with E-state index in [4.69, 9.17) is 15.0 Å². The number of ether oxygens (including phenoxy) is 2. The van der Waals surface area contributed by atoms with Crippen molar-refractivity contribution in [2.24, 2.45) is 5.11 Å². The van der Waals surface area contributed by atoms with E-state index in [9.17, 15) is 9.90 Å². The molecule has 0 unspecified atom stereocenters. The van der Waals surface area contributed by atoms with Crippen LogP contribution in [-0.4, -0.2) is 35.5 Å². The van der Waals surface area contributed by atoms with Gasteiger partial charge in [-0.05, 0) is 11.1 Å². The van der Waals surface area contributed by atoms with Crippen molar-refractivity contribution >= 4 is 5.97 Å². The Morgan fingerprint density at radius 3 is 2.80 bits per heavy atom. The maximum absolute atomic E-state index is 11.2. The third-order valence-corrected chi connectivity index (χ3v) is 3.64. The van der Waals surface area contributed by atoms with Crippen LogP contribution in [0.4, 0.5) is 0 Å². The van der Waals surface area contributed by atoms with Gasteiger partial charge in [0.25, 0.3) is 0 Å². The lowest BCUT2D eigenvalue weighted by Crippen LogP contribution is -2.35. The SMILES string of the molecule is [N-]=[N+]=N[C@@H](c1ccccc1)[C@H]1O[C@@H]2CC(=O)O[C@@H]2[C@H]1O. The second-order valence-electron chi connectivity index (χ2n) is 4.85. The average molecular weight is 275 g/mol. The van der Waals surface area contributed by atoms with E-state index in [-0.39, 0.29) is 12.4 Å². The first-order valence-electron chi connectivity index (χ1n) is 6.33. The average Bonchev–Trinajstić information content (AvgIpc) is 2.96. The van der Waals surface area contributed by atoms with Crippen LogP contribution in [0.5, 0.6) is 0 Å². The number of nitrogens with zero attached hydrogens (tertiary/aromatic N) is 3. The standard InChI is InChI=1S/C13H13N3O4/c14-16-15-10(7-4-2-1-3-5-7)13-11(18)12-8(19-13)6-9(17)20-12/h1-5,8,10-13,18H,6H2/t8-,10+,11-,12+,13-/m1/s1. The Morgan fingerprint density at radius 1 is 1.40 bits per heavy atom. The van der Waals surface area contributed by atoms with Crippen LogP contribution in [0.1, 0.15) is 18.0 Å². The molecule has 0 saturated carbocycles. The van der Waals surface area contributed by atoms with Crippen LogP contribution in [0.2, 0.25) is 0 Å². The Morgan fingerprint density at radius 2 is 2.15 bits per heavy atom. The monoisotopic (exact) mass is 275 g/mol. The lowest BCUT2D eigenvalue weighted by atomic mass is 9.97. The second-order valence-corrected chi connectivity index (χ2v) is 4.85. The van der Waals surface area contributed by atoms with Gasteiger partial charge >= 0.3 is 5.97 Å². The topological polar surface area (TPSA) is 105 Å². The molecule has 2 fully saturated rings. The normalized spacial score (nSPS) is 33.1. The summed E-state index contributed by atoms with van der Waals surface area (Å²) in [6, 6.07) is 8.43. The van der Waals surface area contributed by atoms with Gasteiger partial charge < -0.3 is 14.6 Å². The van der Waals surface area contributed by atoms with Crippen molar-refractivity contribution in [3.8, 4) is 0 Å². The highest BCUT2D eigenvalue weighted by Crippen LogP contribution is 2.38. The van der Waals surface area contributed by atoms with E-state index in [0.717, 1.165) is 5.56 Å². The van der Waals surface area contributed by atoms with Gasteiger partial charge in [0.15, 0.2) is 6.10 Å². The molecule has 1 aromatic carbocycles. The number of carbonyl (C=O) groups is 1. The Labute approximate surface area is 114 Å². The summed E-state index contributed by atoms with van der Waals surface area (Å²) >= 11 is 0. The summed E-state index contributed by atoms with van der Waals surface area (Å²) in [5.41, 5.74) is 9.48. The van der Waals surface area contributed by atoms with Gasteiger partial charge in [0, 0.05) is 4.91 Å². The van der Waals surface area contributed by atoms with Gasteiger partial charge in [-0.3, -0.25) is 4.79 Å². The smallest absolute Gasteiger partial charge is 0.309 e. The van der Waals surface area contributed by atoms with E-state index in [1.807, 2.05) is 18.2 Å². The highest BCUT2D eigenvalue weighted by Gasteiger charge is 2.53. The number of hydrogen-bond acceptors (Lipinski definition) is 5. The number of azide groups is 1. The molecule has 7 nitrogen and oxygen atoms in total. The first kappa shape index (κ1) is 12.9. The molecular formula is C13H13N3O4. The van der Waals surface area contributed by atoms with E-state index in [1.54, 1.807) is 12.1 Å². The second kappa shape index (κ2) is 5.13. The molecule has 1 aromatic rings. The van der Waals surface area contributed by atoms with Crippen LogP contribution < -0.4 is 0 Å². The lowest BCUT2D eigenvalue weighted by molar-refractivity contribution is -0.145. The van der Waals surface area contributed by atoms with E-state index < -0.39 is 30.5 Å². The molecule has 0 spiro atoms. The zero-order chi connectivity index (χ0) is 14.1. The Hall–Kier alpha value is -2.08. The maximum Gasteiger partial charge on any atom is 0.309 e. The van der Waals surface area contributed by atoms with E-state index in [2.05, 4.69) is 10.0 Å². The van der Waals surface area contributed by atoms with E-state index >= 15 is 0 Å². The van der Waals surface area contributed by atoms with E-state index in [1.165, 1.54) is 0 Å². The third kappa shape index (κ3) is 2.12. The molecule has 20 heavy (non-hydrogen) atoms. The van der Waals surface area contributed by atoms with Gasteiger partial charge in [0.05, 0.1) is 12.5 Å². The van der Waals surface area contributed by atoms with Crippen LogP contribution in [0.15, 0.2) is 35.4 Å². The number of benzene rings is 1. The van der Waals surface area contributed by atoms with Crippen molar-refractivity contribution in [2.75, 3.05) is 0 Å². The number of hydrogen-bond donors (Lipinski definition) is 1. The van der Waals surface area contributed by atoms with Crippen molar-refractivity contribution in [3.63, 3.8) is 0 Å². The number of fused-ring (bicyclic) bond motifs is 1. The molecule has 7 heteroatoms. The summed E-state index contributed by atoms with van der Waals surface area (Å²) in [6.45, 7) is 0. The summed E-state index contributed by atoms with van der Waals surface area (Å²) in [6.07, 6.45) is -2.73. The minimum Gasteiger partial charge on any atom is -0.457 e. The quantitative estimate of drug-likeness (QED) is 0.390. The molecule has 0 aromatic heterocycles. The molecule has 5 atom stereocenters. The maximum atomic E-state index is 11.2. The van der Waals surface area contributed by atoms with Crippen molar-refractivity contribution in [2.45, 2.75) is 36.9 Å². The largest absolute Gasteiger partial charge is 0.457 e. The first-order valence-corrected chi connectivity index (χ1v) is 6.33. The highest BCUT2D eigenvalue weighted by molar-refractivity contribution is 5.73. The molecular weight excluding hydrogens is 262 g/mol. The summed E-state index contributed by atoms with van der Waals surface area (Å²) in [5.74, 6) is -0.377. The first-order chi connectivity index (χ1) is 9.70. The molecule has 0 aliphatic carbocycles. The molecule has 104 valence electrons. The van der Waals surface area contributed by atoms with Gasteiger partial charge in [0.2, 0.25) is 0 Å². The van der Waals surface area contributed by atoms with Gasteiger partial charge in [-0.25, -0.2) is 0 Å². The lowest BCUT2D eigenvalue weighted by Gasteiger charge is -2.23. The molecule has 0 bridgehead atoms. The summed E-state index contributed by atoms with van der Waals surface area (Å²) in [4.78, 5) is 14.0. The van der Waals surface area contributed by atoms with Crippen molar-refractivity contribution in [1.82, 2.24) is 0 Å². The van der Waals surface area contributed by atoms with Crippen LogP contribution in [0, 0.1) is 0 Å². The summed E-state index contributed by atoms with van der Waals surface area (Å²) in [5, 5.41) is 14.0. The Balaban J connectivity index is 1.87. The van der Waals surface area contributed by atoms with Gasteiger partial charge in [-0.1, -0.05) is 35.4 Å². The molecule has 1 N–H and O–H groups in total. The Kier molecular flexibility index (Phi) is 3.31. The van der Waals surface area contributed by atoms with Gasteiger partial charge in [0.1, 0.15) is 18.3 Å². The summed E-state index contributed by atoms with van der Waals surface area (Å²) < 4.78 is 10.7. The molecule has 0 radical (unpaired) electrons. The molecule has 2 heterocycles. The third-order valence-electron chi connectivity index (χ3n) is 3.64. The molecule has 3 rings (SSSR count). The van der Waals surface area contributed by atoms with Gasteiger partial charge in [-0.2, -0.15) is 0 Å². The number of aliphatic hydroxyl groups excluding tert-OH is 1. The predicted octanol–water partition coefficient (Wildman–Crippen LogP) is 1.48. The van der Waals surface area contributed by atoms with Crippen molar-refractivity contribution in [1.29, 1.82) is 0 Å². The zero-order valence-corrected chi connectivity index (χ0v) is 10.5. The molecule has 2 saturated heterocycles. The molecule has 2 aliphatic heterocycles. The van der Waals surface area contributed by atoms with Crippen LogP contribution in [0.25, 0.3) is 10.4 Å². The minimum atomic E-state index is -0.998. The number of carbonyl (C=O) groups excluding carboxylic acids is 1. The van der Waals surface area contributed by atoms with Gasteiger partial charge in [-0.15, -0.1) is 0 Å². The van der Waals surface area contributed by atoms with Crippen LogP contribution >= 0.6 is 0 Å². The zero-order valence-electron chi connectivity index (χ0n) is 10.5. The summed E-state index contributed by atoms with van der Waals surface area (Å²) in [7, 11) is 0. The fourth-order valence-electron chi connectivity index (χ4n) is 2.73. The van der Waals surface area contributed by atoms with Crippen molar-refractivity contribution < 1.29 is 19.4 Å². The van der Waals surface area contributed by atoms with Crippen LogP contribution in [-0.2, 0) is 14.3 Å². The number of esters is 1. The highest BCUT2D eigenvalue weighted by atomic mass is 16.6. The number of rotatable bonds is 3. The number of aliphatic hydroxyl groups is 1. The Bertz CT molecular complexity index is 558. The predicted molar refractivity (Wildman–Crippen MR) is 67.5 cm³/mol. The van der Waals surface area contributed by atoms with Crippen LogP contribution in [0.3, 0.4) is 0 Å². The fraction of sp³-hybridized carbons (Fsp3) is 0.462. The minimum absolute atomic E-state index is 0.121. The fourth-order valence-corrected chi connectivity index (χ4v) is 2.73. The van der Waals surface area contributed by atoms with E-state index in [0.29, 0.717) is 0 Å². The molecule has 0 amide bonds.